The SMILES string of the molecule is C/C=C\C(=O)CCC(NC(=O)C(CCC(=O)OC)NC(=S)Nc1ccc(S(N)(=O)=O)cc1)C(=O)NCc1ccc(I)cc1. The van der Waals surface area contributed by atoms with Crippen molar-refractivity contribution < 1.29 is 32.3 Å². The number of benzene rings is 2. The summed E-state index contributed by atoms with van der Waals surface area (Å²) >= 11 is 7.51. The van der Waals surface area contributed by atoms with E-state index in [1.54, 1.807) is 13.0 Å². The molecule has 0 fully saturated rings. The van der Waals surface area contributed by atoms with E-state index in [9.17, 15) is 27.6 Å². The van der Waals surface area contributed by atoms with Crippen LogP contribution in [0.3, 0.4) is 0 Å². The second-order valence-corrected chi connectivity index (χ2v) is 12.5. The second-order valence-electron chi connectivity index (χ2n) is 9.25. The Morgan fingerprint density at radius 3 is 2.14 bits per heavy atom. The van der Waals surface area contributed by atoms with E-state index in [1.807, 2.05) is 24.3 Å². The maximum absolute atomic E-state index is 13.4. The Morgan fingerprint density at radius 2 is 1.56 bits per heavy atom. The summed E-state index contributed by atoms with van der Waals surface area (Å²) in [5.41, 5.74) is 1.27. The molecule has 0 saturated heterocycles. The van der Waals surface area contributed by atoms with Crippen LogP contribution >= 0.6 is 34.8 Å². The Balaban J connectivity index is 2.17. The van der Waals surface area contributed by atoms with E-state index < -0.39 is 39.9 Å². The number of primary sulfonamides is 1. The number of allylic oxidation sites excluding steroid dienone is 2. The molecule has 12 nitrogen and oxygen atoms in total. The summed E-state index contributed by atoms with van der Waals surface area (Å²) in [5, 5.41) is 16.3. The number of halogens is 1. The molecular weight excluding hydrogens is 709 g/mol. The molecule has 0 radical (unpaired) electrons. The van der Waals surface area contributed by atoms with Crippen molar-refractivity contribution in [2.24, 2.45) is 5.14 Å². The highest BCUT2D eigenvalue weighted by molar-refractivity contribution is 14.1. The molecule has 0 aliphatic heterocycles. The first-order valence-electron chi connectivity index (χ1n) is 13.1. The van der Waals surface area contributed by atoms with E-state index in [4.69, 9.17) is 22.1 Å². The molecule has 2 aromatic rings. The highest BCUT2D eigenvalue weighted by Crippen LogP contribution is 2.13. The van der Waals surface area contributed by atoms with Gasteiger partial charge in [0.05, 0.1) is 12.0 Å². The smallest absolute Gasteiger partial charge is 0.305 e. The first-order chi connectivity index (χ1) is 20.3. The minimum absolute atomic E-state index is 0.00339. The van der Waals surface area contributed by atoms with Crippen LogP contribution in [-0.4, -0.2) is 56.3 Å². The summed E-state index contributed by atoms with van der Waals surface area (Å²) < 4.78 is 28.7. The highest BCUT2D eigenvalue weighted by atomic mass is 127. The van der Waals surface area contributed by atoms with Gasteiger partial charge < -0.3 is 26.0 Å². The van der Waals surface area contributed by atoms with E-state index in [0.717, 1.165) is 9.13 Å². The predicted molar refractivity (Wildman–Crippen MR) is 174 cm³/mol. The number of ketones is 1. The van der Waals surface area contributed by atoms with Crippen LogP contribution in [0.15, 0.2) is 65.6 Å². The number of methoxy groups -OCH3 is 1. The molecule has 232 valence electrons. The van der Waals surface area contributed by atoms with Crippen molar-refractivity contribution in [1.29, 1.82) is 0 Å². The van der Waals surface area contributed by atoms with E-state index in [2.05, 4.69) is 43.9 Å². The van der Waals surface area contributed by atoms with Crippen LogP contribution in [0.5, 0.6) is 0 Å². The molecule has 0 heterocycles. The number of amides is 2. The van der Waals surface area contributed by atoms with Crippen LogP contribution in [0, 0.1) is 3.57 Å². The molecule has 43 heavy (non-hydrogen) atoms. The zero-order valence-electron chi connectivity index (χ0n) is 23.6. The quantitative estimate of drug-likeness (QED) is 0.0785. The summed E-state index contributed by atoms with van der Waals surface area (Å²) in [6, 6.07) is 10.9. The predicted octanol–water partition coefficient (Wildman–Crippen LogP) is 2.27. The standard InChI is InChI=1S/C28H34IN5O7S2/c1-3-4-21(35)11-14-23(26(37)31-17-18-5-7-19(29)8-6-18)33-27(38)24(15-16-25(36)41-2)34-28(42)32-20-9-12-22(13-10-20)43(30,39)40/h3-10,12-13,23-24H,11,14-17H2,1-2H3,(H,31,37)(H,33,38)(H2,30,39,40)(H2,32,34,42)/b4-3-. The molecule has 6 N–H and O–H groups in total. The molecule has 2 aromatic carbocycles. The van der Waals surface area contributed by atoms with Crippen molar-refractivity contribution in [3.63, 3.8) is 0 Å². The van der Waals surface area contributed by atoms with E-state index in [1.165, 1.54) is 37.5 Å². The van der Waals surface area contributed by atoms with Crippen LogP contribution in [-0.2, 0) is 40.5 Å². The molecule has 0 bridgehead atoms. The number of carbonyl (C=O) groups is 4. The fraction of sp³-hybridized carbons (Fsp3) is 0.321. The van der Waals surface area contributed by atoms with Crippen LogP contribution in [0.2, 0.25) is 0 Å². The molecule has 0 aliphatic carbocycles. The van der Waals surface area contributed by atoms with E-state index in [0.29, 0.717) is 5.69 Å². The molecule has 2 rings (SSSR count). The van der Waals surface area contributed by atoms with Gasteiger partial charge in [-0.05, 0) is 103 Å². The van der Waals surface area contributed by atoms with Gasteiger partial charge in [-0.15, -0.1) is 0 Å². The van der Waals surface area contributed by atoms with Crippen molar-refractivity contribution in [2.75, 3.05) is 12.4 Å². The minimum Gasteiger partial charge on any atom is -0.469 e. The van der Waals surface area contributed by atoms with Gasteiger partial charge in [-0.25, -0.2) is 13.6 Å². The lowest BCUT2D eigenvalue weighted by Gasteiger charge is -2.24. The van der Waals surface area contributed by atoms with E-state index >= 15 is 0 Å². The van der Waals surface area contributed by atoms with Crippen molar-refractivity contribution in [1.82, 2.24) is 16.0 Å². The first kappa shape index (κ1) is 35.8. The van der Waals surface area contributed by atoms with Gasteiger partial charge in [-0.1, -0.05) is 18.2 Å². The Hall–Kier alpha value is -3.41. The number of rotatable bonds is 15. The zero-order valence-corrected chi connectivity index (χ0v) is 27.4. The van der Waals surface area contributed by atoms with Crippen molar-refractivity contribution in [3.8, 4) is 0 Å². The van der Waals surface area contributed by atoms with Crippen molar-refractivity contribution >= 4 is 79.2 Å². The van der Waals surface area contributed by atoms with Gasteiger partial charge in [0.1, 0.15) is 12.1 Å². The largest absolute Gasteiger partial charge is 0.469 e. The first-order valence-corrected chi connectivity index (χ1v) is 16.1. The maximum Gasteiger partial charge on any atom is 0.305 e. The lowest BCUT2D eigenvalue weighted by Crippen LogP contribution is -2.54. The Labute approximate surface area is 269 Å². The number of hydrogen-bond donors (Lipinski definition) is 5. The normalized spacial score (nSPS) is 12.6. The molecule has 0 spiro atoms. The molecule has 2 atom stereocenters. The van der Waals surface area contributed by atoms with E-state index in [-0.39, 0.29) is 48.0 Å². The number of ether oxygens (including phenoxy) is 1. The third kappa shape index (κ3) is 13.2. The van der Waals surface area contributed by atoms with Gasteiger partial charge in [0.25, 0.3) is 0 Å². The highest BCUT2D eigenvalue weighted by Gasteiger charge is 2.27. The lowest BCUT2D eigenvalue weighted by molar-refractivity contribution is -0.141. The maximum atomic E-state index is 13.4. The minimum atomic E-state index is -3.88. The Kier molecular flexibility index (Phi) is 14.7. The topological polar surface area (TPSA) is 186 Å². The number of hydrogen-bond acceptors (Lipinski definition) is 8. The summed E-state index contributed by atoms with van der Waals surface area (Å²) in [6.07, 6.45) is 2.88. The second kappa shape index (κ2) is 17.6. The Morgan fingerprint density at radius 1 is 0.953 bits per heavy atom. The number of esters is 1. The van der Waals surface area contributed by atoms with Crippen LogP contribution in [0.1, 0.15) is 38.2 Å². The monoisotopic (exact) mass is 743 g/mol. The van der Waals surface area contributed by atoms with Gasteiger partial charge in [0.15, 0.2) is 10.9 Å². The number of nitrogens with two attached hydrogens (primary N) is 1. The lowest BCUT2D eigenvalue weighted by atomic mass is 10.1. The van der Waals surface area contributed by atoms with Gasteiger partial charge in [-0.3, -0.25) is 19.2 Å². The summed E-state index contributed by atoms with van der Waals surface area (Å²) in [6.45, 7) is 1.92. The molecule has 0 aliphatic rings. The molecule has 2 amide bonds. The number of carbonyl (C=O) groups excluding carboxylic acids is 4. The molecular formula is C28H34IN5O7S2. The van der Waals surface area contributed by atoms with Gasteiger partial charge >= 0.3 is 5.97 Å². The summed E-state index contributed by atoms with van der Waals surface area (Å²) in [5.74, 6) is -1.87. The van der Waals surface area contributed by atoms with Gasteiger partial charge in [0.2, 0.25) is 21.8 Å². The fourth-order valence-electron chi connectivity index (χ4n) is 3.70. The number of thiocarbonyl (C=S) groups is 1. The number of sulfonamides is 1. The molecule has 0 aromatic heterocycles. The average Bonchev–Trinajstić information content (AvgIpc) is 2.96. The van der Waals surface area contributed by atoms with Gasteiger partial charge in [-0.2, -0.15) is 0 Å². The molecule has 2 unspecified atom stereocenters. The summed E-state index contributed by atoms with van der Waals surface area (Å²) in [4.78, 5) is 50.5. The third-order valence-electron chi connectivity index (χ3n) is 5.97. The van der Waals surface area contributed by atoms with Crippen LogP contribution in [0.25, 0.3) is 0 Å². The van der Waals surface area contributed by atoms with Crippen molar-refractivity contribution in [2.45, 2.75) is 56.1 Å². The van der Waals surface area contributed by atoms with Crippen LogP contribution < -0.4 is 26.4 Å². The zero-order chi connectivity index (χ0) is 32.0. The summed E-state index contributed by atoms with van der Waals surface area (Å²) in [7, 11) is -2.66. The van der Waals surface area contributed by atoms with Crippen molar-refractivity contribution in [3.05, 3.63) is 69.8 Å². The van der Waals surface area contributed by atoms with Crippen LogP contribution in [0.4, 0.5) is 5.69 Å². The fourth-order valence-corrected chi connectivity index (χ4v) is 4.83. The number of nitrogens with one attached hydrogen (secondary N) is 4. The molecule has 0 saturated carbocycles. The van der Waals surface area contributed by atoms with Gasteiger partial charge in [0, 0.05) is 28.6 Å². The third-order valence-corrected chi connectivity index (χ3v) is 7.84. The Bertz CT molecular complexity index is 1430. The number of anilines is 1. The average molecular weight is 744 g/mol. The molecule has 15 heteroatoms.